The van der Waals surface area contributed by atoms with Crippen molar-refractivity contribution in [2.75, 3.05) is 0 Å². The van der Waals surface area contributed by atoms with Crippen LogP contribution in [-0.4, -0.2) is 4.98 Å². The smallest absolute Gasteiger partial charge is 0.234 e. The highest BCUT2D eigenvalue weighted by Gasteiger charge is 2.25. The first-order chi connectivity index (χ1) is 13.0. The lowest BCUT2D eigenvalue weighted by Crippen LogP contribution is -2.36. The molecule has 134 valence electrons. The molecule has 0 bridgehead atoms. The number of nitrogens with zero attached hydrogens (tertiary/aromatic N) is 3. The number of pyridine rings is 1. The molecule has 0 saturated heterocycles. The second kappa shape index (κ2) is 6.58. The molecule has 27 heavy (non-hydrogen) atoms. The highest BCUT2D eigenvalue weighted by molar-refractivity contribution is 5.75. The van der Waals surface area contributed by atoms with Crippen LogP contribution in [0.15, 0.2) is 60.8 Å². The average molecular weight is 355 g/mol. The molecular weight excluding hydrogens is 330 g/mol. The van der Waals surface area contributed by atoms with Crippen LogP contribution < -0.4 is 9.13 Å². The van der Waals surface area contributed by atoms with Gasteiger partial charge in [-0.3, -0.25) is 0 Å². The van der Waals surface area contributed by atoms with Gasteiger partial charge in [-0.25, -0.2) is 4.98 Å². The van der Waals surface area contributed by atoms with Gasteiger partial charge >= 0.3 is 0 Å². The van der Waals surface area contributed by atoms with Crippen molar-refractivity contribution in [3.8, 4) is 16.9 Å². The molecular formula is C24H25N3+2. The van der Waals surface area contributed by atoms with E-state index >= 15 is 0 Å². The molecule has 2 aromatic heterocycles. The van der Waals surface area contributed by atoms with Crippen LogP contribution in [0.1, 0.15) is 22.5 Å². The van der Waals surface area contributed by atoms with Gasteiger partial charge < -0.3 is 0 Å². The number of rotatable bonds is 2. The van der Waals surface area contributed by atoms with Gasteiger partial charge in [-0.15, -0.1) is 0 Å². The zero-order chi connectivity index (χ0) is 19.1. The molecule has 0 N–H and O–H groups in total. The Kier molecular flexibility index (Phi) is 4.23. The third kappa shape index (κ3) is 2.89. The minimum atomic E-state index is 1.03. The van der Waals surface area contributed by atoms with Gasteiger partial charge in [0.15, 0.2) is 11.9 Å². The second-order valence-corrected chi connectivity index (χ2v) is 7.26. The summed E-state index contributed by atoms with van der Waals surface area (Å²) in [6.45, 7) is 8.61. The minimum Gasteiger partial charge on any atom is -0.240 e. The van der Waals surface area contributed by atoms with Crippen LogP contribution in [0.5, 0.6) is 0 Å². The molecule has 2 aromatic carbocycles. The zero-order valence-corrected chi connectivity index (χ0v) is 16.6. The van der Waals surface area contributed by atoms with Crippen LogP contribution in [0.25, 0.3) is 28.0 Å². The van der Waals surface area contributed by atoms with Gasteiger partial charge in [-0.2, -0.15) is 9.13 Å². The number of aryl methyl sites for hydroxylation is 4. The molecule has 0 unspecified atom stereocenters. The van der Waals surface area contributed by atoms with Crippen molar-refractivity contribution in [2.45, 2.75) is 27.7 Å². The van der Waals surface area contributed by atoms with Gasteiger partial charge in [0.25, 0.3) is 0 Å². The maximum Gasteiger partial charge on any atom is 0.234 e. The maximum absolute atomic E-state index is 4.88. The number of aromatic nitrogens is 3. The number of hydrogen-bond donors (Lipinski definition) is 0. The van der Waals surface area contributed by atoms with Crippen molar-refractivity contribution in [1.82, 2.24) is 4.98 Å². The van der Waals surface area contributed by atoms with Gasteiger partial charge in [0, 0.05) is 36.8 Å². The van der Waals surface area contributed by atoms with Gasteiger partial charge in [0.2, 0.25) is 16.9 Å². The third-order valence-corrected chi connectivity index (χ3v) is 5.31. The predicted molar refractivity (Wildman–Crippen MR) is 109 cm³/mol. The first-order valence-electron chi connectivity index (χ1n) is 9.32. The van der Waals surface area contributed by atoms with Crippen LogP contribution in [0.4, 0.5) is 0 Å². The topological polar surface area (TPSA) is 20.6 Å². The third-order valence-electron chi connectivity index (χ3n) is 5.31. The van der Waals surface area contributed by atoms with E-state index in [0.717, 1.165) is 16.7 Å². The fourth-order valence-corrected chi connectivity index (χ4v) is 3.95. The van der Waals surface area contributed by atoms with Gasteiger partial charge in [0.05, 0.1) is 5.56 Å². The minimum absolute atomic E-state index is 1.03. The largest absolute Gasteiger partial charge is 0.240 e. The van der Waals surface area contributed by atoms with Crippen molar-refractivity contribution in [3.63, 3.8) is 0 Å². The molecule has 0 amide bonds. The Morgan fingerprint density at radius 1 is 0.852 bits per heavy atom. The van der Waals surface area contributed by atoms with E-state index in [0.29, 0.717) is 0 Å². The summed E-state index contributed by atoms with van der Waals surface area (Å²) in [5, 5.41) is 0. The number of fused-ring (bicyclic) bond motifs is 1. The fraction of sp³-hybridized carbons (Fsp3) is 0.208. The zero-order valence-electron chi connectivity index (χ0n) is 16.6. The first kappa shape index (κ1) is 17.3. The van der Waals surface area contributed by atoms with E-state index in [-0.39, 0.29) is 0 Å². The fourth-order valence-electron chi connectivity index (χ4n) is 3.95. The maximum atomic E-state index is 4.88. The lowest BCUT2D eigenvalue weighted by Gasteiger charge is -2.12. The SMILES string of the molecule is Cc1cc(-c2c(C)nc3ccccc3[n+]2C)c(C)c(-[n+]2ccccc2C)c1. The molecule has 0 fully saturated rings. The summed E-state index contributed by atoms with van der Waals surface area (Å²) in [5.74, 6) is 0. The highest BCUT2D eigenvalue weighted by Crippen LogP contribution is 2.28. The summed E-state index contributed by atoms with van der Waals surface area (Å²) >= 11 is 0. The number of hydrogen-bond acceptors (Lipinski definition) is 1. The molecule has 4 rings (SSSR count). The molecule has 2 heterocycles. The molecule has 0 radical (unpaired) electrons. The molecule has 0 aliphatic heterocycles. The normalized spacial score (nSPS) is 11.1. The Balaban J connectivity index is 2.04. The molecule has 4 aromatic rings. The molecule has 0 aliphatic carbocycles. The predicted octanol–water partition coefficient (Wildman–Crippen LogP) is 4.24. The van der Waals surface area contributed by atoms with Gasteiger partial charge in [-0.05, 0) is 38.5 Å². The van der Waals surface area contributed by atoms with Crippen LogP contribution in [0, 0.1) is 27.7 Å². The summed E-state index contributed by atoms with van der Waals surface area (Å²) in [4.78, 5) is 4.88. The van der Waals surface area contributed by atoms with Gasteiger partial charge in [0.1, 0.15) is 18.3 Å². The van der Waals surface area contributed by atoms with Crippen molar-refractivity contribution in [3.05, 3.63) is 83.3 Å². The van der Waals surface area contributed by atoms with Gasteiger partial charge in [-0.1, -0.05) is 18.2 Å². The molecule has 0 spiro atoms. The molecule has 0 saturated carbocycles. The van der Waals surface area contributed by atoms with E-state index in [9.17, 15) is 0 Å². The standard InChI is InChI=1S/C24H25N3/c1-16-14-20(18(3)23(15-16)27-13-9-8-10-17(27)2)24-19(4)25-21-11-6-7-12-22(21)26(24)5/h6-15H,1-5H3/q+2. The monoisotopic (exact) mass is 355 g/mol. The average Bonchev–Trinajstić information content (AvgIpc) is 2.65. The summed E-state index contributed by atoms with van der Waals surface area (Å²) in [5.41, 5.74) is 10.6. The molecule has 3 nitrogen and oxygen atoms in total. The van der Waals surface area contributed by atoms with E-state index in [1.54, 1.807) is 0 Å². The van der Waals surface area contributed by atoms with E-state index in [2.05, 4.69) is 98.6 Å². The Morgan fingerprint density at radius 3 is 2.37 bits per heavy atom. The lowest BCUT2D eigenvalue weighted by molar-refractivity contribution is -0.634. The van der Waals surface area contributed by atoms with E-state index in [1.807, 2.05) is 6.07 Å². The van der Waals surface area contributed by atoms with Crippen LogP contribution in [0.3, 0.4) is 0 Å². The van der Waals surface area contributed by atoms with Crippen molar-refractivity contribution < 1.29 is 9.13 Å². The van der Waals surface area contributed by atoms with Crippen molar-refractivity contribution in [2.24, 2.45) is 7.05 Å². The van der Waals surface area contributed by atoms with E-state index < -0.39 is 0 Å². The first-order valence-corrected chi connectivity index (χ1v) is 9.32. The Bertz CT molecular complexity index is 1180. The van der Waals surface area contributed by atoms with Crippen LogP contribution >= 0.6 is 0 Å². The summed E-state index contributed by atoms with van der Waals surface area (Å²) in [6.07, 6.45) is 2.13. The summed E-state index contributed by atoms with van der Waals surface area (Å²) in [6, 6.07) is 19.2. The van der Waals surface area contributed by atoms with Crippen molar-refractivity contribution in [1.29, 1.82) is 0 Å². The van der Waals surface area contributed by atoms with E-state index in [4.69, 9.17) is 4.98 Å². The molecule has 0 aliphatic rings. The quantitative estimate of drug-likeness (QED) is 0.493. The lowest BCUT2D eigenvalue weighted by atomic mass is 9.98. The Labute approximate surface area is 160 Å². The Morgan fingerprint density at radius 2 is 1.59 bits per heavy atom. The molecule has 0 atom stereocenters. The highest BCUT2D eigenvalue weighted by atomic mass is 15.0. The molecule has 3 heteroatoms. The van der Waals surface area contributed by atoms with E-state index in [1.165, 1.54) is 33.8 Å². The van der Waals surface area contributed by atoms with Crippen LogP contribution in [0.2, 0.25) is 0 Å². The number of para-hydroxylation sites is 2. The summed E-state index contributed by atoms with van der Waals surface area (Å²) in [7, 11) is 2.13. The Hall–Kier alpha value is -3.07. The van der Waals surface area contributed by atoms with Crippen LogP contribution in [-0.2, 0) is 7.05 Å². The summed E-state index contributed by atoms with van der Waals surface area (Å²) < 4.78 is 4.53. The van der Waals surface area contributed by atoms with Crippen molar-refractivity contribution >= 4 is 11.0 Å². The second-order valence-electron chi connectivity index (χ2n) is 7.26. The number of benzene rings is 2.